The van der Waals surface area contributed by atoms with Gasteiger partial charge < -0.3 is 19.9 Å². The molecule has 0 radical (unpaired) electrons. The maximum atomic E-state index is 12.7. The first-order chi connectivity index (χ1) is 22.5. The Morgan fingerprint density at radius 3 is 2.04 bits per heavy atom. The highest BCUT2D eigenvalue weighted by atomic mass is 17.2. The number of methoxy groups -OCH3 is 1. The molecule has 1 amide bonds. The molecule has 2 aromatic heterocycles. The van der Waals surface area contributed by atoms with E-state index in [1.165, 1.54) is 13.4 Å². The molecule has 1 saturated heterocycles. The van der Waals surface area contributed by atoms with Gasteiger partial charge in [-0.2, -0.15) is 0 Å². The van der Waals surface area contributed by atoms with Crippen LogP contribution in [0.1, 0.15) is 36.5 Å². The summed E-state index contributed by atoms with van der Waals surface area (Å²) in [7, 11) is 2.95. The van der Waals surface area contributed by atoms with Crippen molar-refractivity contribution >= 4 is 22.9 Å². The van der Waals surface area contributed by atoms with Crippen LogP contribution in [0.4, 0.5) is 5.82 Å². The lowest BCUT2D eigenvalue weighted by atomic mass is 9.60. The van der Waals surface area contributed by atoms with Gasteiger partial charge in [0.05, 0.1) is 18.9 Å². The molecule has 5 aromatic rings. The van der Waals surface area contributed by atoms with Gasteiger partial charge in [-0.05, 0) is 23.1 Å². The molecule has 0 saturated carbocycles. The van der Waals surface area contributed by atoms with Crippen LogP contribution in [0, 0.1) is 0 Å². The van der Waals surface area contributed by atoms with Crippen LogP contribution in [0.2, 0.25) is 0 Å². The van der Waals surface area contributed by atoms with Crippen molar-refractivity contribution < 1.29 is 29.1 Å². The van der Waals surface area contributed by atoms with Gasteiger partial charge >= 0.3 is 0 Å². The Kier molecular flexibility index (Phi) is 9.20. The number of anilines is 1. The molecule has 1 fully saturated rings. The predicted molar refractivity (Wildman–Crippen MR) is 171 cm³/mol. The molecule has 6 rings (SSSR count). The summed E-state index contributed by atoms with van der Waals surface area (Å²) in [5.41, 5.74) is 0.535. The molecule has 1 aliphatic heterocycles. The van der Waals surface area contributed by atoms with Gasteiger partial charge in [-0.15, -0.1) is 0 Å². The summed E-state index contributed by atoms with van der Waals surface area (Å²) in [6.45, 7) is 1.84. The van der Waals surface area contributed by atoms with Crippen molar-refractivity contribution in [3.63, 3.8) is 0 Å². The first-order valence-electron chi connectivity index (χ1n) is 15.2. The third-order valence-electron chi connectivity index (χ3n) is 8.60. The number of fused-ring (bicyclic) bond motifs is 1. The highest BCUT2D eigenvalue weighted by Gasteiger charge is 2.69. The van der Waals surface area contributed by atoms with Crippen molar-refractivity contribution in [3.8, 4) is 0 Å². The number of nitrogens with one attached hydrogen (secondary N) is 1. The lowest BCUT2D eigenvalue weighted by Gasteiger charge is -2.52. The minimum Gasteiger partial charge on any atom is -0.387 e. The van der Waals surface area contributed by atoms with Gasteiger partial charge in [0, 0.05) is 13.5 Å². The smallest absolute Gasteiger partial charge is 0.225 e. The number of imidazole rings is 1. The maximum Gasteiger partial charge on any atom is 0.225 e. The van der Waals surface area contributed by atoms with Crippen molar-refractivity contribution in [1.82, 2.24) is 19.5 Å². The summed E-state index contributed by atoms with van der Waals surface area (Å²) >= 11 is 0. The summed E-state index contributed by atoms with van der Waals surface area (Å²) in [5, 5.41) is 14.9. The number of carbonyl (C=O) groups excluding carboxylic acids is 1. The van der Waals surface area contributed by atoms with Crippen LogP contribution < -0.4 is 5.32 Å². The molecule has 1 aliphatic rings. The Bertz CT molecular complexity index is 1660. The minimum atomic E-state index is -1.60. The van der Waals surface area contributed by atoms with Crippen LogP contribution in [0.3, 0.4) is 0 Å². The average Bonchev–Trinajstić information content (AvgIpc) is 3.65. The third-order valence-corrected chi connectivity index (χ3v) is 8.60. The van der Waals surface area contributed by atoms with Gasteiger partial charge in [0.1, 0.15) is 31.2 Å². The second-order valence-electron chi connectivity index (χ2n) is 11.1. The first kappa shape index (κ1) is 31.5. The van der Waals surface area contributed by atoms with Gasteiger partial charge in [-0.3, -0.25) is 9.36 Å². The van der Waals surface area contributed by atoms with E-state index >= 15 is 0 Å². The molecule has 11 heteroatoms. The third kappa shape index (κ3) is 5.06. The van der Waals surface area contributed by atoms with Crippen molar-refractivity contribution in [2.45, 2.75) is 49.2 Å². The number of carbonyl (C=O) groups is 1. The summed E-state index contributed by atoms with van der Waals surface area (Å²) < 4.78 is 15.3. The zero-order valence-electron chi connectivity index (χ0n) is 25.9. The van der Waals surface area contributed by atoms with Crippen molar-refractivity contribution in [1.29, 1.82) is 0 Å². The molecule has 4 atom stereocenters. The highest BCUT2D eigenvalue weighted by molar-refractivity contribution is 5.96. The topological polar surface area (TPSA) is 130 Å². The van der Waals surface area contributed by atoms with Crippen LogP contribution in [-0.2, 0) is 35.2 Å². The Balaban J connectivity index is 1.76. The van der Waals surface area contributed by atoms with E-state index in [-0.39, 0.29) is 18.3 Å². The van der Waals surface area contributed by atoms with E-state index in [1.54, 1.807) is 18.0 Å². The SMILES string of the molecule is CCCC(=O)Nc1ncnc2c1ncn2[C@]1(C(c2ccccc2)(c2ccccc2)c2ccccc2)O[C@H](COOC)[C@@H](O)[C@H]1OC. The number of aliphatic hydroxyl groups excluding tert-OH is 1. The van der Waals surface area contributed by atoms with Crippen molar-refractivity contribution in [3.05, 3.63) is 120 Å². The molecule has 11 nitrogen and oxygen atoms in total. The number of amides is 1. The summed E-state index contributed by atoms with van der Waals surface area (Å²) in [4.78, 5) is 36.8. The van der Waals surface area contributed by atoms with Crippen LogP contribution in [0.5, 0.6) is 0 Å². The van der Waals surface area contributed by atoms with Gasteiger partial charge in [0.25, 0.3) is 0 Å². The number of aromatic nitrogens is 4. The zero-order valence-corrected chi connectivity index (χ0v) is 25.9. The number of hydrogen-bond acceptors (Lipinski definition) is 9. The Morgan fingerprint density at radius 2 is 1.52 bits per heavy atom. The minimum absolute atomic E-state index is 0.0896. The summed E-state index contributed by atoms with van der Waals surface area (Å²) in [6.07, 6.45) is 0.904. The molecule has 2 N–H and O–H groups in total. The van der Waals surface area contributed by atoms with Crippen LogP contribution in [-0.4, -0.2) is 69.7 Å². The average molecular weight is 624 g/mol. The van der Waals surface area contributed by atoms with E-state index < -0.39 is 29.5 Å². The van der Waals surface area contributed by atoms with Crippen LogP contribution in [0.25, 0.3) is 11.2 Å². The van der Waals surface area contributed by atoms with E-state index in [0.717, 1.165) is 16.7 Å². The van der Waals surface area contributed by atoms with E-state index in [0.29, 0.717) is 24.0 Å². The van der Waals surface area contributed by atoms with E-state index in [1.807, 2.05) is 97.9 Å². The molecule has 3 aromatic carbocycles. The fraction of sp³-hybridized carbons (Fsp3) is 0.314. The quantitative estimate of drug-likeness (QED) is 0.116. The normalized spacial score (nSPS) is 21.4. The molecule has 0 unspecified atom stereocenters. The number of ether oxygens (including phenoxy) is 2. The zero-order chi connectivity index (χ0) is 32.1. The molecule has 0 aliphatic carbocycles. The van der Waals surface area contributed by atoms with Gasteiger partial charge in [0.2, 0.25) is 5.91 Å². The lowest BCUT2D eigenvalue weighted by Crippen LogP contribution is -2.61. The van der Waals surface area contributed by atoms with E-state index in [4.69, 9.17) is 24.2 Å². The number of benzene rings is 3. The number of hydrogen-bond donors (Lipinski definition) is 2. The second kappa shape index (κ2) is 13.5. The largest absolute Gasteiger partial charge is 0.387 e. The van der Waals surface area contributed by atoms with Gasteiger partial charge in [-0.1, -0.05) is 97.9 Å². The second-order valence-corrected chi connectivity index (χ2v) is 11.1. The summed E-state index contributed by atoms with van der Waals surface area (Å²) in [6, 6.07) is 29.9. The summed E-state index contributed by atoms with van der Waals surface area (Å²) in [5.74, 6) is 0.0897. The van der Waals surface area contributed by atoms with E-state index in [2.05, 4.69) is 15.3 Å². The molecular weight excluding hydrogens is 586 g/mol. The van der Waals surface area contributed by atoms with Crippen LogP contribution >= 0.6 is 0 Å². The fourth-order valence-corrected chi connectivity index (χ4v) is 6.81. The highest BCUT2D eigenvalue weighted by Crippen LogP contribution is 2.58. The fourth-order valence-electron chi connectivity index (χ4n) is 6.81. The number of rotatable bonds is 12. The Labute approximate surface area is 267 Å². The Hall–Kier alpha value is -4.52. The van der Waals surface area contributed by atoms with Gasteiger partial charge in [-0.25, -0.2) is 24.7 Å². The molecule has 46 heavy (non-hydrogen) atoms. The molecule has 0 bridgehead atoms. The predicted octanol–water partition coefficient (Wildman–Crippen LogP) is 4.61. The Morgan fingerprint density at radius 1 is 0.935 bits per heavy atom. The first-order valence-corrected chi connectivity index (χ1v) is 15.2. The van der Waals surface area contributed by atoms with Crippen LogP contribution in [0.15, 0.2) is 104 Å². The molecular formula is C35H37N5O6. The number of nitrogens with zero attached hydrogens (tertiary/aromatic N) is 4. The number of aliphatic hydroxyl groups is 1. The molecule has 3 heterocycles. The lowest BCUT2D eigenvalue weighted by molar-refractivity contribution is -0.296. The van der Waals surface area contributed by atoms with Gasteiger partial charge in [0.15, 0.2) is 22.7 Å². The molecule has 0 spiro atoms. The monoisotopic (exact) mass is 623 g/mol. The van der Waals surface area contributed by atoms with Crippen molar-refractivity contribution in [2.75, 3.05) is 26.1 Å². The van der Waals surface area contributed by atoms with Crippen molar-refractivity contribution in [2.24, 2.45) is 0 Å². The standard InChI is InChI=1S/C35H37N5O6/c1-4-14-28(41)39-32-29-33(37-22-36-32)40(23-38-29)35(31(43-2)30(42)27(46-35)21-45-44-3)34(24-15-8-5-9-16-24,25-17-10-6-11-18-25)26-19-12-7-13-20-26/h5-13,15-20,22-23,27,30-31,42H,4,14,21H2,1-3H3,(H,36,37,39,41)/t27-,30-,31-,35+/m1/s1. The molecule has 238 valence electrons. The maximum absolute atomic E-state index is 12.7. The van der Waals surface area contributed by atoms with E-state index in [9.17, 15) is 9.90 Å².